The largest absolute Gasteiger partial charge is 0.372 e. The number of nitrogens with zero attached hydrogens (tertiary/aromatic N) is 1. The average molecular weight is 242 g/mol. The van der Waals surface area contributed by atoms with Crippen molar-refractivity contribution in [2.45, 2.75) is 45.1 Å². The number of likely N-dealkylation sites (tertiary alicyclic amines) is 1. The number of nitrogens with one attached hydrogen (secondary N) is 1. The monoisotopic (exact) mass is 242 g/mol. The molecule has 1 aliphatic heterocycles. The third kappa shape index (κ3) is 5.04. The molecule has 1 rings (SSSR count). The molecule has 1 atom stereocenters. The Morgan fingerprint density at radius 2 is 2.29 bits per heavy atom. The number of unbranched alkanes of at least 4 members (excludes halogenated alkanes) is 2. The predicted molar refractivity (Wildman–Crippen MR) is 69.0 cm³/mol. The standard InChI is InChI=1S/C13H26N2O2/c1-3-4-5-9-17-11-13(16)15-8-6-7-12(15)10-14-2/h12,14H,3-11H2,1-2H3. The minimum absolute atomic E-state index is 0.152. The molecule has 0 bridgehead atoms. The van der Waals surface area contributed by atoms with E-state index in [1.165, 1.54) is 12.8 Å². The fourth-order valence-electron chi connectivity index (χ4n) is 2.31. The van der Waals surface area contributed by atoms with Gasteiger partial charge in [-0.1, -0.05) is 19.8 Å². The molecule has 1 unspecified atom stereocenters. The minimum atomic E-state index is 0.152. The molecule has 100 valence electrons. The maximum Gasteiger partial charge on any atom is 0.248 e. The van der Waals surface area contributed by atoms with E-state index in [-0.39, 0.29) is 12.5 Å². The Morgan fingerprint density at radius 3 is 3.00 bits per heavy atom. The lowest BCUT2D eigenvalue weighted by molar-refractivity contribution is -0.136. The van der Waals surface area contributed by atoms with E-state index in [2.05, 4.69) is 12.2 Å². The zero-order valence-corrected chi connectivity index (χ0v) is 11.2. The Kier molecular flexibility index (Phi) is 7.21. The molecule has 0 aromatic rings. The predicted octanol–water partition coefficient (Wildman–Crippen LogP) is 1.40. The lowest BCUT2D eigenvalue weighted by Gasteiger charge is -2.24. The Hall–Kier alpha value is -0.610. The van der Waals surface area contributed by atoms with Crippen LogP contribution < -0.4 is 5.32 Å². The third-order valence-corrected chi connectivity index (χ3v) is 3.25. The van der Waals surface area contributed by atoms with E-state index < -0.39 is 0 Å². The number of carbonyl (C=O) groups is 1. The van der Waals surface area contributed by atoms with Crippen molar-refractivity contribution in [2.75, 3.05) is 33.4 Å². The normalized spacial score (nSPS) is 19.9. The lowest BCUT2D eigenvalue weighted by Crippen LogP contribution is -2.42. The molecular formula is C13H26N2O2. The summed E-state index contributed by atoms with van der Waals surface area (Å²) in [5.74, 6) is 0.152. The number of carbonyl (C=O) groups excluding carboxylic acids is 1. The molecule has 1 amide bonds. The van der Waals surface area contributed by atoms with Gasteiger partial charge in [-0.25, -0.2) is 0 Å². The van der Waals surface area contributed by atoms with Crippen LogP contribution >= 0.6 is 0 Å². The van der Waals surface area contributed by atoms with Crippen LogP contribution in [0.25, 0.3) is 0 Å². The fourth-order valence-corrected chi connectivity index (χ4v) is 2.31. The smallest absolute Gasteiger partial charge is 0.248 e. The van der Waals surface area contributed by atoms with Gasteiger partial charge in [-0.2, -0.15) is 0 Å². The van der Waals surface area contributed by atoms with Gasteiger partial charge in [0.15, 0.2) is 0 Å². The van der Waals surface area contributed by atoms with Crippen LogP contribution in [0.3, 0.4) is 0 Å². The molecule has 1 aliphatic rings. The average Bonchev–Trinajstić information content (AvgIpc) is 2.77. The summed E-state index contributed by atoms with van der Waals surface area (Å²) in [5, 5.41) is 3.14. The highest BCUT2D eigenvalue weighted by molar-refractivity contribution is 5.78. The van der Waals surface area contributed by atoms with E-state index in [9.17, 15) is 4.79 Å². The van der Waals surface area contributed by atoms with Gasteiger partial charge in [0.05, 0.1) is 0 Å². The summed E-state index contributed by atoms with van der Waals surface area (Å²) >= 11 is 0. The Labute approximate surface area is 105 Å². The zero-order valence-electron chi connectivity index (χ0n) is 11.2. The van der Waals surface area contributed by atoms with Gasteiger partial charge < -0.3 is 15.0 Å². The molecule has 0 spiro atoms. The molecule has 1 N–H and O–H groups in total. The Morgan fingerprint density at radius 1 is 1.47 bits per heavy atom. The summed E-state index contributed by atoms with van der Waals surface area (Å²) in [7, 11) is 1.93. The summed E-state index contributed by atoms with van der Waals surface area (Å²) in [6, 6.07) is 0.367. The zero-order chi connectivity index (χ0) is 12.5. The molecule has 4 nitrogen and oxygen atoms in total. The van der Waals surface area contributed by atoms with Crippen molar-refractivity contribution in [1.29, 1.82) is 0 Å². The SMILES string of the molecule is CCCCCOCC(=O)N1CCCC1CNC. The van der Waals surface area contributed by atoms with E-state index in [0.29, 0.717) is 12.6 Å². The van der Waals surface area contributed by atoms with Gasteiger partial charge in [0.1, 0.15) is 6.61 Å². The van der Waals surface area contributed by atoms with Crippen molar-refractivity contribution < 1.29 is 9.53 Å². The molecule has 1 fully saturated rings. The second kappa shape index (κ2) is 8.48. The summed E-state index contributed by atoms with van der Waals surface area (Å²) in [6.45, 7) is 4.91. The Bertz CT molecular complexity index is 221. The molecule has 0 aliphatic carbocycles. The highest BCUT2D eigenvalue weighted by atomic mass is 16.5. The molecule has 0 aromatic heterocycles. The first-order valence-electron chi connectivity index (χ1n) is 6.81. The summed E-state index contributed by atoms with van der Waals surface area (Å²) in [4.78, 5) is 13.9. The molecular weight excluding hydrogens is 216 g/mol. The first-order valence-corrected chi connectivity index (χ1v) is 6.81. The number of amides is 1. The van der Waals surface area contributed by atoms with Crippen LogP contribution in [0.5, 0.6) is 0 Å². The van der Waals surface area contributed by atoms with Crippen LogP contribution in [0.2, 0.25) is 0 Å². The van der Waals surface area contributed by atoms with Gasteiger partial charge >= 0.3 is 0 Å². The third-order valence-electron chi connectivity index (χ3n) is 3.25. The fraction of sp³-hybridized carbons (Fsp3) is 0.923. The molecule has 4 heteroatoms. The van der Waals surface area contributed by atoms with E-state index in [0.717, 1.165) is 32.4 Å². The van der Waals surface area contributed by atoms with Crippen LogP contribution in [0.4, 0.5) is 0 Å². The van der Waals surface area contributed by atoms with Gasteiger partial charge in [0.25, 0.3) is 0 Å². The van der Waals surface area contributed by atoms with Crippen molar-refractivity contribution in [3.05, 3.63) is 0 Å². The number of hydrogen-bond acceptors (Lipinski definition) is 3. The maximum absolute atomic E-state index is 11.9. The van der Waals surface area contributed by atoms with Crippen molar-refractivity contribution in [2.24, 2.45) is 0 Å². The number of rotatable bonds is 8. The quantitative estimate of drug-likeness (QED) is 0.654. The molecule has 0 saturated carbocycles. The van der Waals surface area contributed by atoms with Crippen LogP contribution in [-0.4, -0.2) is 50.2 Å². The molecule has 1 saturated heterocycles. The highest BCUT2D eigenvalue weighted by Gasteiger charge is 2.27. The minimum Gasteiger partial charge on any atom is -0.372 e. The molecule has 17 heavy (non-hydrogen) atoms. The van der Waals surface area contributed by atoms with Crippen LogP contribution in [-0.2, 0) is 9.53 Å². The first-order chi connectivity index (χ1) is 8.29. The highest BCUT2D eigenvalue weighted by Crippen LogP contribution is 2.16. The van der Waals surface area contributed by atoms with Crippen LogP contribution in [0, 0.1) is 0 Å². The van der Waals surface area contributed by atoms with E-state index in [1.807, 2.05) is 11.9 Å². The van der Waals surface area contributed by atoms with Gasteiger partial charge in [0, 0.05) is 25.7 Å². The molecule has 0 radical (unpaired) electrons. The topological polar surface area (TPSA) is 41.6 Å². The summed E-state index contributed by atoms with van der Waals surface area (Å²) in [6.07, 6.45) is 5.66. The van der Waals surface area contributed by atoms with Crippen molar-refractivity contribution in [3.8, 4) is 0 Å². The van der Waals surface area contributed by atoms with Gasteiger partial charge in [-0.3, -0.25) is 4.79 Å². The van der Waals surface area contributed by atoms with Gasteiger partial charge in [0.2, 0.25) is 5.91 Å². The number of likely N-dealkylation sites (N-methyl/N-ethyl adjacent to an activating group) is 1. The van der Waals surface area contributed by atoms with Crippen molar-refractivity contribution >= 4 is 5.91 Å². The van der Waals surface area contributed by atoms with E-state index in [1.54, 1.807) is 0 Å². The molecule has 0 aromatic carbocycles. The van der Waals surface area contributed by atoms with Gasteiger partial charge in [-0.05, 0) is 26.3 Å². The Balaban J connectivity index is 2.17. The van der Waals surface area contributed by atoms with Crippen molar-refractivity contribution in [3.63, 3.8) is 0 Å². The van der Waals surface area contributed by atoms with Crippen LogP contribution in [0.1, 0.15) is 39.0 Å². The second-order valence-electron chi connectivity index (χ2n) is 4.70. The van der Waals surface area contributed by atoms with E-state index >= 15 is 0 Å². The molecule has 1 heterocycles. The maximum atomic E-state index is 11.9. The number of hydrogen-bond donors (Lipinski definition) is 1. The summed E-state index contributed by atoms with van der Waals surface area (Å²) < 4.78 is 5.42. The first kappa shape index (κ1) is 14.5. The van der Waals surface area contributed by atoms with E-state index in [4.69, 9.17) is 4.74 Å². The number of ether oxygens (including phenoxy) is 1. The summed E-state index contributed by atoms with van der Waals surface area (Å²) in [5.41, 5.74) is 0. The second-order valence-corrected chi connectivity index (χ2v) is 4.70. The van der Waals surface area contributed by atoms with Crippen LogP contribution in [0.15, 0.2) is 0 Å². The lowest BCUT2D eigenvalue weighted by atomic mass is 10.2. The van der Waals surface area contributed by atoms with Crippen molar-refractivity contribution in [1.82, 2.24) is 10.2 Å². The van der Waals surface area contributed by atoms with Gasteiger partial charge in [-0.15, -0.1) is 0 Å².